The lowest BCUT2D eigenvalue weighted by Crippen LogP contribution is -2.48. The quantitative estimate of drug-likeness (QED) is 0.680. The van der Waals surface area contributed by atoms with Crippen LogP contribution in [0.2, 0.25) is 5.15 Å². The summed E-state index contributed by atoms with van der Waals surface area (Å²) < 4.78 is 0. The van der Waals surface area contributed by atoms with E-state index in [2.05, 4.69) is 15.3 Å². The third-order valence-electron chi connectivity index (χ3n) is 3.20. The highest BCUT2D eigenvalue weighted by Gasteiger charge is 2.31. The molecule has 6 nitrogen and oxygen atoms in total. The minimum Gasteiger partial charge on any atom is -0.358 e. The molecule has 1 aromatic rings. The number of rotatable bonds is 3. The number of carbonyl (C=O) groups is 2. The Kier molecular flexibility index (Phi) is 4.23. The Balaban J connectivity index is 2.18. The summed E-state index contributed by atoms with van der Waals surface area (Å²) >= 11 is 5.96. The van der Waals surface area contributed by atoms with E-state index in [-0.39, 0.29) is 17.7 Å². The van der Waals surface area contributed by atoms with Gasteiger partial charge in [-0.2, -0.15) is 0 Å². The number of nitrogens with zero attached hydrogens (tertiary/aromatic N) is 3. The summed E-state index contributed by atoms with van der Waals surface area (Å²) in [4.78, 5) is 33.1. The number of likely N-dealkylation sites (tertiary alicyclic amines) is 1. The maximum absolute atomic E-state index is 12.0. The first-order chi connectivity index (χ1) is 9.38. The summed E-state index contributed by atoms with van der Waals surface area (Å²) in [6, 6.07) is 1.13. The molecule has 0 saturated carbocycles. The molecule has 7 heteroatoms. The van der Waals surface area contributed by atoms with E-state index in [4.69, 9.17) is 11.6 Å². The molecule has 2 amide bonds. The number of imide groups is 1. The number of amides is 2. The van der Waals surface area contributed by atoms with Gasteiger partial charge in [0.25, 0.3) is 5.91 Å². The number of piperidine rings is 1. The van der Waals surface area contributed by atoms with Crippen LogP contribution in [0.3, 0.4) is 0 Å². The van der Waals surface area contributed by atoms with Crippen LogP contribution < -0.4 is 5.32 Å². The van der Waals surface area contributed by atoms with E-state index in [9.17, 15) is 9.59 Å². The zero-order valence-electron chi connectivity index (χ0n) is 11.7. The second-order valence-electron chi connectivity index (χ2n) is 5.12. The first-order valence-corrected chi connectivity index (χ1v) is 6.87. The maximum Gasteiger partial charge on any atom is 0.251 e. The van der Waals surface area contributed by atoms with Crippen LogP contribution in [0.4, 0.5) is 5.82 Å². The molecule has 1 unspecified atom stereocenters. The van der Waals surface area contributed by atoms with E-state index in [1.807, 2.05) is 13.8 Å². The maximum atomic E-state index is 12.0. The van der Waals surface area contributed by atoms with Crippen LogP contribution in [0, 0.1) is 0 Å². The van der Waals surface area contributed by atoms with Crippen LogP contribution in [0.1, 0.15) is 38.4 Å². The lowest BCUT2D eigenvalue weighted by molar-refractivity contribution is -0.146. The Morgan fingerprint density at radius 1 is 1.40 bits per heavy atom. The van der Waals surface area contributed by atoms with Gasteiger partial charge in [0, 0.05) is 25.5 Å². The van der Waals surface area contributed by atoms with E-state index in [1.165, 1.54) is 7.05 Å². The molecule has 0 spiro atoms. The van der Waals surface area contributed by atoms with Crippen molar-refractivity contribution in [1.29, 1.82) is 0 Å². The van der Waals surface area contributed by atoms with Crippen LogP contribution in [0.5, 0.6) is 0 Å². The summed E-state index contributed by atoms with van der Waals surface area (Å²) in [5.74, 6) is 0.863. The SMILES string of the molecule is CC(C)c1nc(Cl)cc(NC2CCC(=O)N(C)C2=O)n1. The Hall–Kier alpha value is -1.69. The molecule has 1 fully saturated rings. The van der Waals surface area contributed by atoms with E-state index < -0.39 is 6.04 Å². The van der Waals surface area contributed by atoms with Crippen LogP contribution in [-0.4, -0.2) is 39.8 Å². The molecule has 2 rings (SSSR count). The van der Waals surface area contributed by atoms with Gasteiger partial charge in [0.05, 0.1) is 0 Å². The van der Waals surface area contributed by atoms with Crippen molar-refractivity contribution in [3.8, 4) is 0 Å². The smallest absolute Gasteiger partial charge is 0.251 e. The number of nitrogens with one attached hydrogen (secondary N) is 1. The number of halogens is 1. The van der Waals surface area contributed by atoms with Gasteiger partial charge in [-0.1, -0.05) is 25.4 Å². The fraction of sp³-hybridized carbons (Fsp3) is 0.538. The molecule has 1 aliphatic rings. The van der Waals surface area contributed by atoms with Gasteiger partial charge in [-0.05, 0) is 6.42 Å². The number of aromatic nitrogens is 2. The third-order valence-corrected chi connectivity index (χ3v) is 3.39. The van der Waals surface area contributed by atoms with Gasteiger partial charge in [-0.3, -0.25) is 14.5 Å². The third kappa shape index (κ3) is 3.07. The number of anilines is 1. The second kappa shape index (κ2) is 5.75. The Morgan fingerprint density at radius 3 is 2.75 bits per heavy atom. The van der Waals surface area contributed by atoms with Crippen molar-refractivity contribution in [2.45, 2.75) is 38.6 Å². The second-order valence-corrected chi connectivity index (χ2v) is 5.50. The minimum absolute atomic E-state index is 0.139. The molecule has 20 heavy (non-hydrogen) atoms. The van der Waals surface area contributed by atoms with Crippen LogP contribution in [0.15, 0.2) is 6.07 Å². The van der Waals surface area contributed by atoms with Gasteiger partial charge in [0.1, 0.15) is 22.8 Å². The molecule has 0 aliphatic carbocycles. The van der Waals surface area contributed by atoms with E-state index >= 15 is 0 Å². The minimum atomic E-state index is -0.455. The predicted molar refractivity (Wildman–Crippen MR) is 75.6 cm³/mol. The fourth-order valence-electron chi connectivity index (χ4n) is 2.00. The van der Waals surface area contributed by atoms with Crippen molar-refractivity contribution in [3.63, 3.8) is 0 Å². The van der Waals surface area contributed by atoms with Crippen molar-refractivity contribution in [2.24, 2.45) is 0 Å². The van der Waals surface area contributed by atoms with Gasteiger partial charge in [-0.25, -0.2) is 9.97 Å². The summed E-state index contributed by atoms with van der Waals surface area (Å²) in [5.41, 5.74) is 0. The van der Waals surface area contributed by atoms with Crippen molar-refractivity contribution in [3.05, 3.63) is 17.0 Å². The summed E-state index contributed by atoms with van der Waals surface area (Å²) in [6.45, 7) is 3.93. The van der Waals surface area contributed by atoms with Crippen molar-refractivity contribution >= 4 is 29.2 Å². The number of hydrogen-bond donors (Lipinski definition) is 1. The highest BCUT2D eigenvalue weighted by molar-refractivity contribution is 6.29. The van der Waals surface area contributed by atoms with Crippen molar-refractivity contribution in [1.82, 2.24) is 14.9 Å². The van der Waals surface area contributed by atoms with Crippen molar-refractivity contribution < 1.29 is 9.59 Å². The standard InChI is InChI=1S/C13H17ClN4O2/c1-7(2)12-16-9(14)6-10(17-12)15-8-4-5-11(19)18(3)13(8)20/h6-8H,4-5H2,1-3H3,(H,15,16,17). The highest BCUT2D eigenvalue weighted by Crippen LogP contribution is 2.20. The van der Waals surface area contributed by atoms with Crippen LogP contribution in [-0.2, 0) is 9.59 Å². The number of carbonyl (C=O) groups excluding carboxylic acids is 2. The fourth-order valence-corrected chi connectivity index (χ4v) is 2.19. The molecule has 0 aromatic carbocycles. The van der Waals surface area contributed by atoms with Gasteiger partial charge in [-0.15, -0.1) is 0 Å². The average molecular weight is 297 g/mol. The molecule has 1 aromatic heterocycles. The molecule has 2 heterocycles. The van der Waals surface area contributed by atoms with Crippen molar-refractivity contribution in [2.75, 3.05) is 12.4 Å². The van der Waals surface area contributed by atoms with E-state index in [0.717, 1.165) is 4.90 Å². The normalized spacial score (nSPS) is 19.6. The average Bonchev–Trinajstić information content (AvgIpc) is 2.39. The zero-order valence-corrected chi connectivity index (χ0v) is 12.4. The van der Waals surface area contributed by atoms with Crippen LogP contribution in [0.25, 0.3) is 0 Å². The molecule has 1 atom stereocenters. The number of likely N-dealkylation sites (N-methyl/N-ethyl adjacent to an activating group) is 1. The summed E-state index contributed by atoms with van der Waals surface area (Å²) in [6.07, 6.45) is 0.802. The molecule has 0 bridgehead atoms. The first-order valence-electron chi connectivity index (χ1n) is 6.50. The number of hydrogen-bond acceptors (Lipinski definition) is 5. The highest BCUT2D eigenvalue weighted by atomic mass is 35.5. The summed E-state index contributed by atoms with van der Waals surface area (Å²) in [7, 11) is 1.49. The molecule has 1 N–H and O–H groups in total. The lowest BCUT2D eigenvalue weighted by Gasteiger charge is -2.28. The summed E-state index contributed by atoms with van der Waals surface area (Å²) in [5, 5.41) is 3.37. The lowest BCUT2D eigenvalue weighted by atomic mass is 10.0. The van der Waals surface area contributed by atoms with Gasteiger partial charge in [0.2, 0.25) is 5.91 Å². The molecule has 1 aliphatic heterocycles. The monoisotopic (exact) mass is 296 g/mol. The van der Waals surface area contributed by atoms with Gasteiger partial charge < -0.3 is 5.32 Å². The Morgan fingerprint density at radius 2 is 2.10 bits per heavy atom. The van der Waals surface area contributed by atoms with E-state index in [1.54, 1.807) is 6.07 Å². The molecule has 1 saturated heterocycles. The van der Waals surface area contributed by atoms with E-state index in [0.29, 0.717) is 29.6 Å². The first kappa shape index (κ1) is 14.7. The molecular weight excluding hydrogens is 280 g/mol. The predicted octanol–water partition coefficient (Wildman–Crippen LogP) is 1.81. The largest absolute Gasteiger partial charge is 0.358 e. The Bertz CT molecular complexity index is 547. The van der Waals surface area contributed by atoms with Gasteiger partial charge in [0.15, 0.2) is 0 Å². The van der Waals surface area contributed by atoms with Crippen LogP contribution >= 0.6 is 11.6 Å². The Labute approximate surface area is 122 Å². The topological polar surface area (TPSA) is 75.2 Å². The molecule has 108 valence electrons. The molecule has 0 radical (unpaired) electrons. The zero-order chi connectivity index (χ0) is 14.9. The van der Waals surface area contributed by atoms with Gasteiger partial charge >= 0.3 is 0 Å². The molecular formula is C13H17ClN4O2.